The number of urea groups is 1. The fraction of sp³-hybridized carbons (Fsp3) is 0.185. The lowest BCUT2D eigenvalue weighted by Gasteiger charge is -2.48. The van der Waals surface area contributed by atoms with Crippen LogP contribution in [-0.2, 0) is 9.59 Å². The van der Waals surface area contributed by atoms with E-state index in [0.29, 0.717) is 41.2 Å². The largest absolute Gasteiger partial charge is 0.324 e. The highest BCUT2D eigenvalue weighted by Crippen LogP contribution is 2.43. The Hall–Kier alpha value is -4.66. The van der Waals surface area contributed by atoms with E-state index in [2.05, 4.69) is 16.0 Å². The van der Waals surface area contributed by atoms with Crippen molar-refractivity contribution in [2.75, 3.05) is 27.4 Å². The number of hydrogen-bond donors (Lipinski definition) is 3. The maximum absolute atomic E-state index is 13.3. The molecular weight excluding hydrogens is 458 g/mol. The molecular formula is C27H25N5O4. The molecule has 2 heterocycles. The number of amides is 5. The number of benzene rings is 3. The van der Waals surface area contributed by atoms with Crippen molar-refractivity contribution in [3.63, 3.8) is 0 Å². The Labute approximate surface area is 208 Å². The molecule has 0 radical (unpaired) electrons. The summed E-state index contributed by atoms with van der Waals surface area (Å²) in [6, 6.07) is 22.3. The zero-order chi connectivity index (χ0) is 25.3. The molecule has 5 amide bonds. The second-order valence-electron chi connectivity index (χ2n) is 8.93. The molecule has 0 spiro atoms. The molecule has 5 rings (SSSR count). The third-order valence-corrected chi connectivity index (χ3v) is 6.48. The molecule has 9 heteroatoms. The van der Waals surface area contributed by atoms with E-state index in [-0.39, 0.29) is 18.4 Å². The summed E-state index contributed by atoms with van der Waals surface area (Å²) < 4.78 is 0. The maximum Gasteiger partial charge on any atom is 0.323 e. The smallest absolute Gasteiger partial charge is 0.323 e. The van der Waals surface area contributed by atoms with Gasteiger partial charge in [-0.05, 0) is 55.8 Å². The van der Waals surface area contributed by atoms with Crippen LogP contribution in [0.2, 0.25) is 0 Å². The van der Waals surface area contributed by atoms with Crippen molar-refractivity contribution in [3.05, 3.63) is 84.4 Å². The van der Waals surface area contributed by atoms with Gasteiger partial charge in [0, 0.05) is 23.5 Å². The number of anilines is 4. The van der Waals surface area contributed by atoms with Crippen LogP contribution in [0, 0.1) is 0 Å². The SMILES string of the molecule is CC12CCC(=O)N1c1ccccc1C(=O)N2CC(=O)Nc1cccc(NC(=O)Nc2ccccc2)c1. The summed E-state index contributed by atoms with van der Waals surface area (Å²) >= 11 is 0. The van der Waals surface area contributed by atoms with Gasteiger partial charge in [0.1, 0.15) is 12.2 Å². The Kier molecular flexibility index (Phi) is 5.89. The molecule has 3 N–H and O–H groups in total. The quantitative estimate of drug-likeness (QED) is 0.503. The van der Waals surface area contributed by atoms with Crippen LogP contribution >= 0.6 is 0 Å². The summed E-state index contributed by atoms with van der Waals surface area (Å²) in [4.78, 5) is 54.4. The van der Waals surface area contributed by atoms with E-state index in [1.807, 2.05) is 25.1 Å². The van der Waals surface area contributed by atoms with Crippen molar-refractivity contribution < 1.29 is 19.2 Å². The maximum atomic E-state index is 13.3. The van der Waals surface area contributed by atoms with E-state index in [1.165, 1.54) is 4.90 Å². The van der Waals surface area contributed by atoms with Crippen molar-refractivity contribution in [3.8, 4) is 0 Å². The number of para-hydroxylation sites is 2. The number of hydrogen-bond acceptors (Lipinski definition) is 4. The van der Waals surface area contributed by atoms with Gasteiger partial charge in [-0.25, -0.2) is 4.79 Å². The molecule has 36 heavy (non-hydrogen) atoms. The third kappa shape index (κ3) is 4.26. The van der Waals surface area contributed by atoms with Crippen molar-refractivity contribution >= 4 is 46.5 Å². The van der Waals surface area contributed by atoms with Crippen LogP contribution < -0.4 is 20.9 Å². The van der Waals surface area contributed by atoms with Crippen LogP contribution in [0.15, 0.2) is 78.9 Å². The second-order valence-corrected chi connectivity index (χ2v) is 8.93. The Morgan fingerprint density at radius 1 is 0.833 bits per heavy atom. The number of carbonyl (C=O) groups is 4. The van der Waals surface area contributed by atoms with Gasteiger partial charge in [-0.3, -0.25) is 19.3 Å². The lowest BCUT2D eigenvalue weighted by atomic mass is 9.98. The van der Waals surface area contributed by atoms with Crippen LogP contribution in [0.1, 0.15) is 30.1 Å². The number of rotatable bonds is 5. The number of nitrogens with one attached hydrogen (secondary N) is 3. The normalized spacial score (nSPS) is 18.4. The molecule has 3 aromatic rings. The minimum atomic E-state index is -0.918. The lowest BCUT2D eigenvalue weighted by molar-refractivity contribution is -0.120. The minimum Gasteiger partial charge on any atom is -0.324 e. The molecule has 3 aromatic carbocycles. The molecule has 1 saturated heterocycles. The number of nitrogens with zero attached hydrogens (tertiary/aromatic N) is 2. The van der Waals surface area contributed by atoms with E-state index in [1.54, 1.807) is 65.6 Å². The predicted molar refractivity (Wildman–Crippen MR) is 137 cm³/mol. The molecule has 0 aromatic heterocycles. The highest BCUT2D eigenvalue weighted by Gasteiger charge is 2.53. The molecule has 1 fully saturated rings. The first kappa shape index (κ1) is 23.1. The van der Waals surface area contributed by atoms with Crippen LogP contribution in [0.25, 0.3) is 0 Å². The standard InChI is InChI=1S/C27H25N5O4/c1-27-15-14-24(34)32(27)22-13-6-5-12-21(22)25(35)31(27)17-23(33)28-19-10-7-11-20(16-19)30-26(36)29-18-8-3-2-4-9-18/h2-13,16H,14-15,17H2,1H3,(H,28,33)(H2,29,30,36). The van der Waals surface area contributed by atoms with E-state index in [9.17, 15) is 19.2 Å². The van der Waals surface area contributed by atoms with Crippen LogP contribution in [0.5, 0.6) is 0 Å². The Morgan fingerprint density at radius 3 is 2.25 bits per heavy atom. The summed E-state index contributed by atoms with van der Waals surface area (Å²) in [5.41, 5.74) is 1.67. The number of fused-ring (bicyclic) bond motifs is 3. The van der Waals surface area contributed by atoms with Gasteiger partial charge < -0.3 is 20.9 Å². The van der Waals surface area contributed by atoms with Crippen molar-refractivity contribution in [1.82, 2.24) is 4.90 Å². The summed E-state index contributed by atoms with van der Waals surface area (Å²) in [6.07, 6.45) is 0.740. The topological polar surface area (TPSA) is 111 Å². The molecule has 0 bridgehead atoms. The van der Waals surface area contributed by atoms with Crippen LogP contribution in [-0.4, -0.2) is 40.9 Å². The summed E-state index contributed by atoms with van der Waals surface area (Å²) in [7, 11) is 0. The molecule has 0 saturated carbocycles. The van der Waals surface area contributed by atoms with E-state index in [4.69, 9.17) is 0 Å². The first-order valence-electron chi connectivity index (χ1n) is 11.6. The molecule has 9 nitrogen and oxygen atoms in total. The van der Waals surface area contributed by atoms with Gasteiger partial charge in [0.2, 0.25) is 11.8 Å². The third-order valence-electron chi connectivity index (χ3n) is 6.48. The highest BCUT2D eigenvalue weighted by atomic mass is 16.2. The van der Waals surface area contributed by atoms with Crippen LogP contribution in [0.3, 0.4) is 0 Å². The van der Waals surface area contributed by atoms with Crippen molar-refractivity contribution in [1.29, 1.82) is 0 Å². The summed E-state index contributed by atoms with van der Waals surface area (Å²) in [6.45, 7) is 1.59. The first-order valence-corrected chi connectivity index (χ1v) is 11.6. The van der Waals surface area contributed by atoms with E-state index in [0.717, 1.165) is 0 Å². The predicted octanol–water partition coefficient (Wildman–Crippen LogP) is 4.27. The first-order chi connectivity index (χ1) is 17.3. The summed E-state index contributed by atoms with van der Waals surface area (Å²) in [5, 5.41) is 8.27. The molecule has 1 atom stereocenters. The molecule has 2 aliphatic heterocycles. The molecule has 1 unspecified atom stereocenters. The van der Waals surface area contributed by atoms with Gasteiger partial charge in [0.05, 0.1) is 11.3 Å². The zero-order valence-corrected chi connectivity index (χ0v) is 19.7. The second kappa shape index (κ2) is 9.18. The fourth-order valence-corrected chi connectivity index (χ4v) is 4.78. The van der Waals surface area contributed by atoms with Crippen molar-refractivity contribution in [2.45, 2.75) is 25.4 Å². The average Bonchev–Trinajstić information content (AvgIpc) is 3.17. The van der Waals surface area contributed by atoms with Gasteiger partial charge in [-0.15, -0.1) is 0 Å². The Bertz CT molecular complexity index is 1360. The van der Waals surface area contributed by atoms with Crippen LogP contribution in [0.4, 0.5) is 27.5 Å². The average molecular weight is 484 g/mol. The van der Waals surface area contributed by atoms with E-state index >= 15 is 0 Å². The lowest BCUT2D eigenvalue weighted by Crippen LogP contribution is -2.63. The van der Waals surface area contributed by atoms with Gasteiger partial charge in [0.15, 0.2) is 0 Å². The Morgan fingerprint density at radius 2 is 1.47 bits per heavy atom. The molecule has 182 valence electrons. The Balaban J connectivity index is 1.29. The zero-order valence-electron chi connectivity index (χ0n) is 19.7. The van der Waals surface area contributed by atoms with Gasteiger partial charge in [0.25, 0.3) is 5.91 Å². The number of carbonyl (C=O) groups excluding carboxylic acids is 4. The fourth-order valence-electron chi connectivity index (χ4n) is 4.78. The van der Waals surface area contributed by atoms with Gasteiger partial charge in [-0.1, -0.05) is 36.4 Å². The summed E-state index contributed by atoms with van der Waals surface area (Å²) in [5.74, 6) is -0.772. The molecule has 2 aliphatic rings. The molecule has 0 aliphatic carbocycles. The van der Waals surface area contributed by atoms with E-state index < -0.39 is 17.6 Å². The minimum absolute atomic E-state index is 0.0737. The monoisotopic (exact) mass is 483 g/mol. The van der Waals surface area contributed by atoms with Gasteiger partial charge in [-0.2, -0.15) is 0 Å². The van der Waals surface area contributed by atoms with Gasteiger partial charge >= 0.3 is 6.03 Å². The van der Waals surface area contributed by atoms with Crippen molar-refractivity contribution in [2.24, 2.45) is 0 Å². The highest BCUT2D eigenvalue weighted by molar-refractivity contribution is 6.11.